The molecule has 0 aromatic rings. The van der Waals surface area contributed by atoms with Gasteiger partial charge in [0.25, 0.3) is 5.91 Å². The summed E-state index contributed by atoms with van der Waals surface area (Å²) in [6, 6.07) is 0.148. The molecule has 0 radical (unpaired) electrons. The minimum absolute atomic E-state index is 0.148. The van der Waals surface area contributed by atoms with Crippen molar-refractivity contribution in [2.45, 2.75) is 12.5 Å². The molecule has 42 valence electrons. The number of hydrogen-bond donors (Lipinski definition) is 0. The Balaban J connectivity index is 2.29. The Bertz CT molecular complexity index is 173. The monoisotopic (exact) mass is 109 g/mol. The van der Waals surface area contributed by atoms with E-state index in [1.165, 1.54) is 0 Å². The Kier molecular flexibility index (Phi) is 0.498. The first-order valence-corrected chi connectivity index (χ1v) is 2.79. The van der Waals surface area contributed by atoms with Gasteiger partial charge in [0.05, 0.1) is 0 Å². The van der Waals surface area contributed by atoms with Crippen molar-refractivity contribution in [1.29, 1.82) is 0 Å². The van der Waals surface area contributed by atoms with E-state index < -0.39 is 0 Å². The molecule has 0 bridgehead atoms. The second-order valence-electron chi connectivity index (χ2n) is 2.34. The van der Waals surface area contributed by atoms with Crippen molar-refractivity contribution in [1.82, 2.24) is 4.90 Å². The molecule has 2 nitrogen and oxygen atoms in total. The summed E-state index contributed by atoms with van der Waals surface area (Å²) >= 11 is 0. The number of hydrogen-bond acceptors (Lipinski definition) is 1. The molecule has 0 N–H and O–H groups in total. The Morgan fingerprint density at radius 1 is 1.75 bits per heavy atom. The van der Waals surface area contributed by atoms with E-state index in [9.17, 15) is 4.79 Å². The van der Waals surface area contributed by atoms with Gasteiger partial charge in [-0.3, -0.25) is 4.79 Å². The van der Waals surface area contributed by atoms with Crippen molar-refractivity contribution in [3.8, 4) is 0 Å². The highest BCUT2D eigenvalue weighted by Crippen LogP contribution is 2.34. The van der Waals surface area contributed by atoms with Gasteiger partial charge >= 0.3 is 0 Å². The second kappa shape index (κ2) is 0.966. The molecule has 1 atom stereocenters. The number of fused-ring (bicyclic) bond motifs is 1. The SMILES string of the molecule is C=C1CCN2C(=O)C12. The lowest BCUT2D eigenvalue weighted by molar-refractivity contribution is -0.114. The highest BCUT2D eigenvalue weighted by molar-refractivity contribution is 6.01. The lowest BCUT2D eigenvalue weighted by Gasteiger charge is -1.86. The normalized spacial score (nSPS) is 33.5. The molecule has 2 rings (SSSR count). The van der Waals surface area contributed by atoms with Crippen molar-refractivity contribution >= 4 is 5.91 Å². The maximum Gasteiger partial charge on any atom is 0.250 e. The molecular formula is C6H7NO. The first-order valence-electron chi connectivity index (χ1n) is 2.79. The fourth-order valence-electron chi connectivity index (χ4n) is 1.25. The van der Waals surface area contributed by atoms with Crippen molar-refractivity contribution in [3.63, 3.8) is 0 Å². The van der Waals surface area contributed by atoms with Gasteiger partial charge in [0.1, 0.15) is 6.04 Å². The van der Waals surface area contributed by atoms with Crippen molar-refractivity contribution < 1.29 is 4.79 Å². The average Bonchev–Trinajstić information content (AvgIpc) is 2.13. The van der Waals surface area contributed by atoms with E-state index >= 15 is 0 Å². The van der Waals surface area contributed by atoms with Crippen LogP contribution in [0.15, 0.2) is 12.2 Å². The molecule has 0 aromatic heterocycles. The minimum Gasteiger partial charge on any atom is -0.324 e. The van der Waals surface area contributed by atoms with Gasteiger partial charge in [0.2, 0.25) is 0 Å². The van der Waals surface area contributed by atoms with Gasteiger partial charge in [-0.1, -0.05) is 6.58 Å². The van der Waals surface area contributed by atoms with E-state index in [2.05, 4.69) is 6.58 Å². The number of rotatable bonds is 0. The van der Waals surface area contributed by atoms with Crippen LogP contribution in [-0.2, 0) is 4.79 Å². The fraction of sp³-hybridized carbons (Fsp3) is 0.500. The van der Waals surface area contributed by atoms with Gasteiger partial charge < -0.3 is 4.90 Å². The van der Waals surface area contributed by atoms with Crippen LogP contribution in [0.1, 0.15) is 6.42 Å². The summed E-state index contributed by atoms with van der Waals surface area (Å²) in [5.41, 5.74) is 1.11. The number of carbonyl (C=O) groups is 1. The van der Waals surface area contributed by atoms with E-state index in [4.69, 9.17) is 0 Å². The largest absolute Gasteiger partial charge is 0.324 e. The van der Waals surface area contributed by atoms with E-state index in [-0.39, 0.29) is 11.9 Å². The predicted octanol–water partition coefficient (Wildman–Crippen LogP) is 0.157. The summed E-state index contributed by atoms with van der Waals surface area (Å²) < 4.78 is 0. The molecule has 2 heterocycles. The quantitative estimate of drug-likeness (QED) is 0.320. The average molecular weight is 109 g/mol. The van der Waals surface area contributed by atoms with Crippen LogP contribution in [0, 0.1) is 0 Å². The van der Waals surface area contributed by atoms with Crippen molar-refractivity contribution in [3.05, 3.63) is 12.2 Å². The maximum absolute atomic E-state index is 10.6. The zero-order valence-electron chi connectivity index (χ0n) is 4.55. The predicted molar refractivity (Wildman–Crippen MR) is 29.3 cm³/mol. The second-order valence-corrected chi connectivity index (χ2v) is 2.34. The lowest BCUT2D eigenvalue weighted by atomic mass is 10.2. The van der Waals surface area contributed by atoms with Crippen LogP contribution >= 0.6 is 0 Å². The Labute approximate surface area is 47.8 Å². The summed E-state index contributed by atoms with van der Waals surface area (Å²) in [6.07, 6.45) is 1.02. The van der Waals surface area contributed by atoms with Crippen LogP contribution in [0.5, 0.6) is 0 Å². The topological polar surface area (TPSA) is 20.1 Å². The molecule has 0 aromatic carbocycles. The van der Waals surface area contributed by atoms with E-state index in [0.717, 1.165) is 18.5 Å². The van der Waals surface area contributed by atoms with Gasteiger partial charge in [-0.15, -0.1) is 0 Å². The van der Waals surface area contributed by atoms with E-state index in [1.54, 1.807) is 0 Å². The molecule has 2 heteroatoms. The van der Waals surface area contributed by atoms with E-state index in [1.807, 2.05) is 4.90 Å². The fourth-order valence-corrected chi connectivity index (χ4v) is 1.25. The Morgan fingerprint density at radius 2 is 2.50 bits per heavy atom. The maximum atomic E-state index is 10.6. The third-order valence-electron chi connectivity index (χ3n) is 1.82. The number of nitrogens with zero attached hydrogens (tertiary/aromatic N) is 1. The molecule has 8 heavy (non-hydrogen) atoms. The van der Waals surface area contributed by atoms with Crippen LogP contribution in [0.25, 0.3) is 0 Å². The molecule has 2 fully saturated rings. The van der Waals surface area contributed by atoms with Crippen LogP contribution in [0.2, 0.25) is 0 Å². The first kappa shape index (κ1) is 4.13. The summed E-state index contributed by atoms with van der Waals surface area (Å²) in [4.78, 5) is 12.4. The number of amides is 1. The first-order chi connectivity index (χ1) is 3.80. The third kappa shape index (κ3) is 0.278. The minimum atomic E-state index is 0.148. The summed E-state index contributed by atoms with van der Waals surface area (Å²) in [5.74, 6) is 0.279. The molecule has 0 spiro atoms. The van der Waals surface area contributed by atoms with E-state index in [0.29, 0.717) is 0 Å². The van der Waals surface area contributed by atoms with Crippen molar-refractivity contribution in [2.75, 3.05) is 6.54 Å². The van der Waals surface area contributed by atoms with Gasteiger partial charge in [0, 0.05) is 6.54 Å². The zero-order chi connectivity index (χ0) is 5.72. The van der Waals surface area contributed by atoms with Gasteiger partial charge in [-0.2, -0.15) is 0 Å². The molecule has 2 saturated heterocycles. The van der Waals surface area contributed by atoms with Crippen LogP contribution in [0.4, 0.5) is 0 Å². The third-order valence-corrected chi connectivity index (χ3v) is 1.82. The standard InChI is InChI=1S/C6H7NO/c1-4-2-3-7-5(4)6(7)8/h5H,1-3H2. The van der Waals surface area contributed by atoms with Crippen LogP contribution < -0.4 is 0 Å². The number of carbonyl (C=O) groups excluding carboxylic acids is 1. The molecule has 2 aliphatic rings. The molecule has 1 amide bonds. The molecule has 2 aliphatic heterocycles. The smallest absolute Gasteiger partial charge is 0.250 e. The molecule has 1 unspecified atom stereocenters. The summed E-state index contributed by atoms with van der Waals surface area (Å²) in [6.45, 7) is 4.68. The van der Waals surface area contributed by atoms with Crippen LogP contribution in [0.3, 0.4) is 0 Å². The zero-order valence-corrected chi connectivity index (χ0v) is 4.55. The summed E-state index contributed by atoms with van der Waals surface area (Å²) in [7, 11) is 0. The molecule has 0 saturated carbocycles. The molecular weight excluding hydrogens is 102 g/mol. The van der Waals surface area contributed by atoms with Crippen molar-refractivity contribution in [2.24, 2.45) is 0 Å². The summed E-state index contributed by atoms with van der Waals surface area (Å²) in [5, 5.41) is 0. The van der Waals surface area contributed by atoms with Gasteiger partial charge in [-0.05, 0) is 12.0 Å². The lowest BCUT2D eigenvalue weighted by Crippen LogP contribution is -1.95. The van der Waals surface area contributed by atoms with Crippen LogP contribution in [-0.4, -0.2) is 23.4 Å². The highest BCUT2D eigenvalue weighted by atomic mass is 16.2. The van der Waals surface area contributed by atoms with Gasteiger partial charge in [-0.25, -0.2) is 0 Å². The molecule has 0 aliphatic carbocycles. The number of piperidine rings is 1. The Hall–Kier alpha value is -0.790. The van der Waals surface area contributed by atoms with Gasteiger partial charge in [0.15, 0.2) is 0 Å². The Morgan fingerprint density at radius 3 is 2.75 bits per heavy atom. The highest BCUT2D eigenvalue weighted by Gasteiger charge is 2.51.